The van der Waals surface area contributed by atoms with Crippen LogP contribution in [-0.2, 0) is 6.54 Å². The van der Waals surface area contributed by atoms with Gasteiger partial charge in [0.2, 0.25) is 4.77 Å². The number of halogens is 2. The Kier molecular flexibility index (Phi) is 7.13. The molecular weight excluding hydrogens is 393 g/mol. The van der Waals surface area contributed by atoms with Gasteiger partial charge < -0.3 is 9.84 Å². The van der Waals surface area contributed by atoms with E-state index in [2.05, 4.69) is 10.1 Å². The summed E-state index contributed by atoms with van der Waals surface area (Å²) in [6, 6.07) is 5.16. The van der Waals surface area contributed by atoms with Crippen LogP contribution in [0.5, 0.6) is 5.75 Å². The molecule has 144 valence electrons. The fraction of sp³-hybridized carbons (Fsp3) is 0.556. The normalized spacial score (nSPS) is 14.2. The largest absolute Gasteiger partial charge is 0.492 e. The van der Waals surface area contributed by atoms with Crippen molar-refractivity contribution in [2.24, 2.45) is 5.41 Å². The summed E-state index contributed by atoms with van der Waals surface area (Å²) in [5, 5.41) is 15.3. The minimum absolute atomic E-state index is 0.312. The third-order valence-electron chi connectivity index (χ3n) is 4.57. The van der Waals surface area contributed by atoms with Crippen LogP contribution in [0.25, 0.3) is 0 Å². The van der Waals surface area contributed by atoms with Crippen molar-refractivity contribution in [1.82, 2.24) is 14.8 Å². The number of nitrogens with zero attached hydrogens (tertiary/aromatic N) is 2. The molecule has 0 spiro atoms. The Balaban J connectivity index is 1.89. The number of unbranched alkanes of at least 4 members (excludes halogenated alkanes) is 1. The number of aliphatic hydroxyl groups is 1. The monoisotopic (exact) mass is 417 g/mol. The van der Waals surface area contributed by atoms with Gasteiger partial charge in [0.1, 0.15) is 12.1 Å². The third-order valence-corrected chi connectivity index (χ3v) is 5.43. The van der Waals surface area contributed by atoms with Crippen molar-refractivity contribution in [1.29, 1.82) is 0 Å². The van der Waals surface area contributed by atoms with Crippen LogP contribution in [0.15, 0.2) is 24.5 Å². The van der Waals surface area contributed by atoms with E-state index in [1.165, 1.54) is 6.33 Å². The molecule has 5 nitrogen and oxygen atoms in total. The van der Waals surface area contributed by atoms with Gasteiger partial charge in [0.05, 0.1) is 23.8 Å². The van der Waals surface area contributed by atoms with Crippen LogP contribution in [0, 0.1) is 10.2 Å². The Bertz CT molecular complexity index is 785. The lowest BCUT2D eigenvalue weighted by Gasteiger charge is -2.40. The number of aromatic amines is 1. The molecule has 1 atom stereocenters. The van der Waals surface area contributed by atoms with E-state index in [4.69, 9.17) is 40.2 Å². The molecule has 2 N–H and O–H groups in total. The molecule has 1 heterocycles. The standard InChI is InChI=1S/C18H25Cl2N3O2S/c1-17(2,3)18(24,11-23-16(26)21-12-22-23)8-4-5-9-25-15-7-6-13(19)10-14(15)20/h6-7,10,12,24H,4-5,8-9,11H2,1-3H3,(H,21,22,26). The molecule has 0 saturated carbocycles. The first kappa shape index (κ1) is 21.2. The van der Waals surface area contributed by atoms with E-state index in [9.17, 15) is 5.11 Å². The van der Waals surface area contributed by atoms with E-state index >= 15 is 0 Å². The highest BCUT2D eigenvalue weighted by molar-refractivity contribution is 7.71. The van der Waals surface area contributed by atoms with Crippen LogP contribution in [0.3, 0.4) is 0 Å². The highest BCUT2D eigenvalue weighted by Crippen LogP contribution is 2.36. The van der Waals surface area contributed by atoms with Crippen LogP contribution >= 0.6 is 35.4 Å². The van der Waals surface area contributed by atoms with Crippen molar-refractivity contribution < 1.29 is 9.84 Å². The number of nitrogens with one attached hydrogen (secondary N) is 1. The summed E-state index contributed by atoms with van der Waals surface area (Å²) >= 11 is 17.1. The second-order valence-electron chi connectivity index (χ2n) is 7.42. The highest BCUT2D eigenvalue weighted by atomic mass is 35.5. The van der Waals surface area contributed by atoms with Crippen molar-refractivity contribution in [3.63, 3.8) is 0 Å². The Morgan fingerprint density at radius 1 is 1.27 bits per heavy atom. The van der Waals surface area contributed by atoms with E-state index in [1.54, 1.807) is 22.9 Å². The minimum atomic E-state index is -0.921. The van der Waals surface area contributed by atoms with E-state index < -0.39 is 5.60 Å². The molecule has 0 saturated heterocycles. The topological polar surface area (TPSA) is 63.1 Å². The van der Waals surface area contributed by atoms with Crippen molar-refractivity contribution >= 4 is 35.4 Å². The van der Waals surface area contributed by atoms with Crippen LogP contribution in [0.2, 0.25) is 10.0 Å². The predicted molar refractivity (Wildman–Crippen MR) is 108 cm³/mol. The number of aromatic nitrogens is 3. The Labute approximate surface area is 169 Å². The first-order valence-electron chi connectivity index (χ1n) is 8.53. The zero-order valence-electron chi connectivity index (χ0n) is 15.3. The van der Waals surface area contributed by atoms with Crippen LogP contribution in [0.4, 0.5) is 0 Å². The first-order valence-corrected chi connectivity index (χ1v) is 9.69. The number of H-pyrrole nitrogens is 1. The van der Waals surface area contributed by atoms with Gasteiger partial charge in [-0.1, -0.05) is 44.0 Å². The van der Waals surface area contributed by atoms with Crippen molar-refractivity contribution in [2.75, 3.05) is 6.61 Å². The summed E-state index contributed by atoms with van der Waals surface area (Å²) in [6.45, 7) is 6.97. The molecule has 0 aliphatic heterocycles. The van der Waals surface area contributed by atoms with Crippen molar-refractivity contribution in [3.05, 3.63) is 39.3 Å². The summed E-state index contributed by atoms with van der Waals surface area (Å²) < 4.78 is 7.84. The molecule has 0 fully saturated rings. The molecular formula is C18H25Cl2N3O2S. The summed E-state index contributed by atoms with van der Waals surface area (Å²) in [5.74, 6) is 0.617. The number of hydrogen-bond donors (Lipinski definition) is 2. The molecule has 26 heavy (non-hydrogen) atoms. The number of benzene rings is 1. The van der Waals surface area contributed by atoms with Crippen molar-refractivity contribution in [3.8, 4) is 5.75 Å². The molecule has 0 radical (unpaired) electrons. The molecule has 0 aliphatic carbocycles. The Morgan fingerprint density at radius 3 is 2.58 bits per heavy atom. The smallest absolute Gasteiger partial charge is 0.215 e. The highest BCUT2D eigenvalue weighted by Gasteiger charge is 2.40. The SMILES string of the molecule is CC(C)(C)C(O)(CCCCOc1ccc(Cl)cc1Cl)Cn1[nH]cnc1=S. The van der Waals surface area contributed by atoms with Crippen molar-refractivity contribution in [2.45, 2.75) is 52.2 Å². The molecule has 0 bridgehead atoms. The lowest BCUT2D eigenvalue weighted by atomic mass is 9.73. The number of rotatable bonds is 8. The molecule has 8 heteroatoms. The van der Waals surface area contributed by atoms with Gasteiger partial charge in [-0.15, -0.1) is 0 Å². The van der Waals surface area contributed by atoms with Gasteiger partial charge >= 0.3 is 0 Å². The summed E-state index contributed by atoms with van der Waals surface area (Å²) in [4.78, 5) is 4.01. The Hall–Kier alpha value is -1.08. The maximum atomic E-state index is 11.2. The number of ether oxygens (including phenoxy) is 1. The van der Waals surface area contributed by atoms with Crippen LogP contribution in [-0.4, -0.2) is 32.1 Å². The van der Waals surface area contributed by atoms with E-state index in [-0.39, 0.29) is 5.41 Å². The van der Waals surface area contributed by atoms with Gasteiger partial charge in [-0.05, 0) is 55.1 Å². The van der Waals surface area contributed by atoms with Gasteiger partial charge in [-0.25, -0.2) is 4.98 Å². The summed E-state index contributed by atoms with van der Waals surface area (Å²) in [6.07, 6.45) is 3.76. The van der Waals surface area contributed by atoms with Gasteiger partial charge in [-0.2, -0.15) is 0 Å². The number of hydrogen-bond acceptors (Lipinski definition) is 4. The van der Waals surface area contributed by atoms with Gasteiger partial charge in [0, 0.05) is 5.02 Å². The minimum Gasteiger partial charge on any atom is -0.492 e. The second kappa shape index (κ2) is 8.74. The molecule has 2 rings (SSSR count). The average molecular weight is 418 g/mol. The molecule has 0 aliphatic rings. The lowest BCUT2D eigenvalue weighted by Crippen LogP contribution is -2.46. The van der Waals surface area contributed by atoms with E-state index in [0.29, 0.717) is 40.1 Å². The molecule has 1 aromatic carbocycles. The van der Waals surface area contributed by atoms with Gasteiger partial charge in [-0.3, -0.25) is 9.78 Å². The quantitative estimate of drug-likeness (QED) is 0.453. The second-order valence-corrected chi connectivity index (χ2v) is 8.63. The molecule has 1 unspecified atom stereocenters. The van der Waals surface area contributed by atoms with E-state index in [0.717, 1.165) is 12.8 Å². The van der Waals surface area contributed by atoms with Crippen LogP contribution < -0.4 is 4.74 Å². The Morgan fingerprint density at radius 2 is 2.00 bits per heavy atom. The molecule has 0 amide bonds. The predicted octanol–water partition coefficient (Wildman–Crippen LogP) is 5.27. The maximum absolute atomic E-state index is 11.2. The molecule has 1 aromatic heterocycles. The zero-order chi connectivity index (χ0) is 19.4. The maximum Gasteiger partial charge on any atom is 0.215 e. The van der Waals surface area contributed by atoms with E-state index in [1.807, 2.05) is 20.8 Å². The fourth-order valence-electron chi connectivity index (χ4n) is 2.64. The zero-order valence-corrected chi connectivity index (χ0v) is 17.6. The summed E-state index contributed by atoms with van der Waals surface area (Å²) in [5.41, 5.74) is -1.23. The van der Waals surface area contributed by atoms with Crippen LogP contribution in [0.1, 0.15) is 40.0 Å². The third kappa shape index (κ3) is 5.46. The van der Waals surface area contributed by atoms with Gasteiger partial charge in [0.15, 0.2) is 0 Å². The first-order chi connectivity index (χ1) is 12.1. The lowest BCUT2D eigenvalue weighted by molar-refractivity contribution is -0.0819. The van der Waals surface area contributed by atoms with Gasteiger partial charge in [0.25, 0.3) is 0 Å². The molecule has 2 aromatic rings. The fourth-order valence-corrected chi connectivity index (χ4v) is 3.27. The average Bonchev–Trinajstić information content (AvgIpc) is 2.92. The summed E-state index contributed by atoms with van der Waals surface area (Å²) in [7, 11) is 0.